The Morgan fingerprint density at radius 1 is 1.35 bits per heavy atom. The molecule has 0 unspecified atom stereocenters. The number of piperidine rings is 1. The third-order valence-electron chi connectivity index (χ3n) is 3.62. The van der Waals surface area contributed by atoms with E-state index in [1.807, 2.05) is 4.90 Å². The molecule has 126 valence electrons. The summed E-state index contributed by atoms with van der Waals surface area (Å²) in [6.45, 7) is -1.37. The van der Waals surface area contributed by atoms with Gasteiger partial charge in [-0.3, -0.25) is 14.5 Å². The highest BCUT2D eigenvalue weighted by Crippen LogP contribution is 2.17. The molecule has 1 aliphatic rings. The summed E-state index contributed by atoms with van der Waals surface area (Å²) >= 11 is 0. The van der Waals surface area contributed by atoms with E-state index < -0.39 is 6.61 Å². The smallest absolute Gasteiger partial charge is 0.387 e. The maximum Gasteiger partial charge on any atom is 0.387 e. The number of hydrogen-bond donors (Lipinski definition) is 2. The Bertz CT molecular complexity index is 561. The van der Waals surface area contributed by atoms with E-state index in [0.717, 1.165) is 0 Å². The van der Waals surface area contributed by atoms with Gasteiger partial charge in [-0.1, -0.05) is 6.07 Å². The van der Waals surface area contributed by atoms with Crippen molar-refractivity contribution in [3.63, 3.8) is 0 Å². The van der Waals surface area contributed by atoms with E-state index in [1.54, 1.807) is 0 Å². The van der Waals surface area contributed by atoms with E-state index in [9.17, 15) is 18.4 Å². The van der Waals surface area contributed by atoms with Crippen LogP contribution in [0, 0.1) is 0 Å². The lowest BCUT2D eigenvalue weighted by molar-refractivity contribution is -0.119. The van der Waals surface area contributed by atoms with Gasteiger partial charge in [0, 0.05) is 24.7 Å². The van der Waals surface area contributed by atoms with Crippen LogP contribution >= 0.6 is 0 Å². The Morgan fingerprint density at radius 2 is 2.04 bits per heavy atom. The van der Waals surface area contributed by atoms with Gasteiger partial charge >= 0.3 is 6.61 Å². The van der Waals surface area contributed by atoms with Gasteiger partial charge in [0.1, 0.15) is 5.75 Å². The van der Waals surface area contributed by atoms with Crippen LogP contribution in [-0.4, -0.2) is 49.0 Å². The van der Waals surface area contributed by atoms with Crippen LogP contribution in [0.3, 0.4) is 0 Å². The maximum absolute atomic E-state index is 12.2. The average Bonchev–Trinajstić information content (AvgIpc) is 2.48. The summed E-state index contributed by atoms with van der Waals surface area (Å²) in [5.41, 5.74) is 5.41. The first-order valence-corrected chi connectivity index (χ1v) is 7.30. The number of nitrogens with zero attached hydrogens (tertiary/aromatic N) is 1. The Balaban J connectivity index is 1.86. The normalized spacial score (nSPS) is 16.3. The number of nitrogens with one attached hydrogen (secondary N) is 1. The first kappa shape index (κ1) is 17.1. The second-order valence-electron chi connectivity index (χ2n) is 5.40. The van der Waals surface area contributed by atoms with Gasteiger partial charge in [0.05, 0.1) is 6.54 Å². The average molecular weight is 327 g/mol. The van der Waals surface area contributed by atoms with E-state index in [-0.39, 0.29) is 35.7 Å². The summed E-state index contributed by atoms with van der Waals surface area (Å²) in [4.78, 5) is 25.0. The fourth-order valence-electron chi connectivity index (χ4n) is 2.54. The minimum atomic E-state index is -2.93. The van der Waals surface area contributed by atoms with Gasteiger partial charge in [-0.15, -0.1) is 0 Å². The van der Waals surface area contributed by atoms with Crippen LogP contribution in [-0.2, 0) is 4.79 Å². The van der Waals surface area contributed by atoms with Gasteiger partial charge in [0.15, 0.2) is 0 Å². The van der Waals surface area contributed by atoms with E-state index >= 15 is 0 Å². The molecule has 0 bridgehead atoms. The first-order chi connectivity index (χ1) is 10.9. The van der Waals surface area contributed by atoms with Crippen molar-refractivity contribution in [2.75, 3.05) is 19.6 Å². The van der Waals surface area contributed by atoms with Crippen LogP contribution in [0.25, 0.3) is 0 Å². The van der Waals surface area contributed by atoms with Gasteiger partial charge in [-0.25, -0.2) is 0 Å². The molecule has 3 N–H and O–H groups in total. The molecule has 6 nitrogen and oxygen atoms in total. The van der Waals surface area contributed by atoms with Crippen LogP contribution in [0.2, 0.25) is 0 Å². The molecule has 0 aromatic heterocycles. The summed E-state index contributed by atoms with van der Waals surface area (Å²) < 4.78 is 28.7. The van der Waals surface area contributed by atoms with Gasteiger partial charge in [-0.05, 0) is 31.0 Å². The quantitative estimate of drug-likeness (QED) is 0.815. The number of primary amides is 1. The number of nitrogens with two attached hydrogens (primary N) is 1. The second-order valence-corrected chi connectivity index (χ2v) is 5.40. The molecule has 2 amide bonds. The van der Waals surface area contributed by atoms with Gasteiger partial charge in [0.25, 0.3) is 5.91 Å². The molecule has 0 saturated carbocycles. The zero-order chi connectivity index (χ0) is 16.8. The number of amides is 2. The predicted molar refractivity (Wildman–Crippen MR) is 79.2 cm³/mol. The highest BCUT2D eigenvalue weighted by Gasteiger charge is 2.22. The van der Waals surface area contributed by atoms with Gasteiger partial charge in [0.2, 0.25) is 5.91 Å². The standard InChI is InChI=1S/C15H19F2N3O3/c16-15(17)23-12-3-1-2-10(8-12)14(22)19-11-4-6-20(7-5-11)9-13(18)21/h1-3,8,11,15H,4-7,9H2,(H2,18,21)(H,19,22). The molecule has 23 heavy (non-hydrogen) atoms. The fourth-order valence-corrected chi connectivity index (χ4v) is 2.54. The molecule has 1 heterocycles. The van der Waals surface area contributed by atoms with Crippen LogP contribution in [0.15, 0.2) is 24.3 Å². The SMILES string of the molecule is NC(=O)CN1CCC(NC(=O)c2cccc(OC(F)F)c2)CC1. The van der Waals surface area contributed by atoms with Crippen molar-refractivity contribution in [1.29, 1.82) is 0 Å². The molecule has 0 aliphatic carbocycles. The van der Waals surface area contributed by atoms with Gasteiger partial charge in [-0.2, -0.15) is 8.78 Å². The third-order valence-corrected chi connectivity index (χ3v) is 3.62. The topological polar surface area (TPSA) is 84.7 Å². The van der Waals surface area contributed by atoms with E-state index in [2.05, 4.69) is 10.1 Å². The first-order valence-electron chi connectivity index (χ1n) is 7.30. The number of carbonyl (C=O) groups excluding carboxylic acids is 2. The molecule has 1 saturated heterocycles. The molecule has 1 aliphatic heterocycles. The van der Waals surface area contributed by atoms with Crippen LogP contribution in [0.4, 0.5) is 8.78 Å². The number of alkyl halides is 2. The minimum absolute atomic E-state index is 0.0219. The number of rotatable bonds is 6. The number of carbonyl (C=O) groups is 2. The van der Waals surface area contributed by atoms with Crippen molar-refractivity contribution in [2.24, 2.45) is 5.73 Å². The zero-order valence-corrected chi connectivity index (χ0v) is 12.5. The Labute approximate surface area is 132 Å². The second kappa shape index (κ2) is 7.87. The Morgan fingerprint density at radius 3 is 2.65 bits per heavy atom. The molecule has 1 aromatic rings. The molecule has 0 atom stereocenters. The van der Waals surface area contributed by atoms with Crippen molar-refractivity contribution < 1.29 is 23.1 Å². The lowest BCUT2D eigenvalue weighted by Gasteiger charge is -2.31. The van der Waals surface area contributed by atoms with Crippen molar-refractivity contribution in [3.05, 3.63) is 29.8 Å². The maximum atomic E-state index is 12.2. The molecule has 0 radical (unpaired) electrons. The van der Waals surface area contributed by atoms with Crippen molar-refractivity contribution in [1.82, 2.24) is 10.2 Å². The van der Waals surface area contributed by atoms with Crippen LogP contribution in [0.1, 0.15) is 23.2 Å². The van der Waals surface area contributed by atoms with Crippen molar-refractivity contribution in [2.45, 2.75) is 25.5 Å². The molecular weight excluding hydrogens is 308 g/mol. The largest absolute Gasteiger partial charge is 0.435 e. The number of halogens is 2. The Kier molecular flexibility index (Phi) is 5.86. The molecule has 1 fully saturated rings. The van der Waals surface area contributed by atoms with E-state index in [0.29, 0.717) is 25.9 Å². The highest BCUT2D eigenvalue weighted by atomic mass is 19.3. The minimum Gasteiger partial charge on any atom is -0.435 e. The zero-order valence-electron chi connectivity index (χ0n) is 12.5. The predicted octanol–water partition coefficient (Wildman–Crippen LogP) is 0.968. The summed E-state index contributed by atoms with van der Waals surface area (Å²) in [6.07, 6.45) is 1.40. The molecule has 8 heteroatoms. The van der Waals surface area contributed by atoms with Crippen molar-refractivity contribution in [3.8, 4) is 5.75 Å². The van der Waals surface area contributed by atoms with Crippen LogP contribution < -0.4 is 15.8 Å². The summed E-state index contributed by atoms with van der Waals surface area (Å²) in [5, 5.41) is 2.86. The van der Waals surface area contributed by atoms with E-state index in [1.165, 1.54) is 24.3 Å². The Hall–Kier alpha value is -2.22. The summed E-state index contributed by atoms with van der Waals surface area (Å²) in [5.74, 6) is -0.759. The number of ether oxygens (including phenoxy) is 1. The highest BCUT2D eigenvalue weighted by molar-refractivity contribution is 5.94. The van der Waals surface area contributed by atoms with Gasteiger partial charge < -0.3 is 15.8 Å². The lowest BCUT2D eigenvalue weighted by atomic mass is 10.0. The number of hydrogen-bond acceptors (Lipinski definition) is 4. The molecule has 0 spiro atoms. The fraction of sp³-hybridized carbons (Fsp3) is 0.467. The molecular formula is C15H19F2N3O3. The summed E-state index contributed by atoms with van der Waals surface area (Å²) in [7, 11) is 0. The summed E-state index contributed by atoms with van der Waals surface area (Å²) in [6, 6.07) is 5.65. The van der Waals surface area contributed by atoms with Crippen LogP contribution in [0.5, 0.6) is 5.75 Å². The van der Waals surface area contributed by atoms with E-state index in [4.69, 9.17) is 5.73 Å². The number of benzene rings is 1. The molecule has 1 aromatic carbocycles. The number of likely N-dealkylation sites (tertiary alicyclic amines) is 1. The van der Waals surface area contributed by atoms with Crippen molar-refractivity contribution >= 4 is 11.8 Å². The lowest BCUT2D eigenvalue weighted by Crippen LogP contribution is -2.46. The molecule has 2 rings (SSSR count). The third kappa shape index (κ3) is 5.48. The monoisotopic (exact) mass is 327 g/mol.